The van der Waals surface area contributed by atoms with Crippen molar-refractivity contribution >= 4 is 79.5 Å². The third kappa shape index (κ3) is 7.03. The maximum atomic E-state index is 12.1. The minimum Gasteiger partial charge on any atom is -0.505 e. The highest BCUT2D eigenvalue weighted by Gasteiger charge is 2.23. The number of nitrogens with one attached hydrogen (secondary N) is 1. The molecule has 0 bridgehead atoms. The van der Waals surface area contributed by atoms with Crippen molar-refractivity contribution in [1.29, 1.82) is 0 Å². The molecule has 0 aromatic heterocycles. The summed E-state index contributed by atoms with van der Waals surface area (Å²) in [6.45, 7) is 1.25. The number of phenols is 1. The summed E-state index contributed by atoms with van der Waals surface area (Å²) in [6, 6.07) is 11.9. The Bertz CT molecular complexity index is 2030. The van der Waals surface area contributed by atoms with Gasteiger partial charge in [-0.3, -0.25) is 13.9 Å². The van der Waals surface area contributed by atoms with Crippen LogP contribution in [0.15, 0.2) is 96.4 Å². The number of benzene rings is 4. The molecule has 0 unspecified atom stereocenters. The first-order valence-corrected chi connectivity index (χ1v) is 14.7. The minimum atomic E-state index is -4.98. The lowest BCUT2D eigenvalue weighted by molar-refractivity contribution is -0.114. The third-order valence-corrected chi connectivity index (χ3v) is 7.43. The van der Waals surface area contributed by atoms with E-state index in [2.05, 4.69) is 36.1 Å². The van der Waals surface area contributed by atoms with E-state index in [4.69, 9.17) is 0 Å². The van der Waals surface area contributed by atoms with Crippen molar-refractivity contribution in [2.45, 2.75) is 11.8 Å². The van der Waals surface area contributed by atoms with Gasteiger partial charge in [-0.2, -0.15) is 13.5 Å². The summed E-state index contributed by atoms with van der Waals surface area (Å²) >= 11 is 0. The van der Waals surface area contributed by atoms with Crippen molar-refractivity contribution in [3.05, 3.63) is 70.5 Å². The van der Waals surface area contributed by atoms with Gasteiger partial charge in [-0.15, -0.1) is 25.2 Å². The van der Waals surface area contributed by atoms with Crippen LogP contribution in [0, 0.1) is 9.81 Å². The van der Waals surface area contributed by atoms with Gasteiger partial charge in [-0.05, 0) is 64.3 Å². The molecular weight excluding hydrogens is 609 g/mol. The molecule has 0 heterocycles. The molecule has 0 aliphatic carbocycles. The third-order valence-electron chi connectivity index (χ3n) is 5.62. The second-order valence-corrected chi connectivity index (χ2v) is 11.6. The van der Waals surface area contributed by atoms with Gasteiger partial charge in [-0.1, -0.05) is 12.1 Å². The Kier molecular flexibility index (Phi) is 8.60. The number of nitrogens with zero attached hydrogens (tertiary/aromatic N) is 6. The van der Waals surface area contributed by atoms with Gasteiger partial charge in [0.1, 0.15) is 33.3 Å². The first-order valence-electron chi connectivity index (χ1n) is 11.6. The lowest BCUT2D eigenvalue weighted by Gasteiger charge is -2.10. The second-order valence-electron chi connectivity index (χ2n) is 8.64. The van der Waals surface area contributed by atoms with Gasteiger partial charge in [0.05, 0.1) is 11.0 Å². The molecule has 4 rings (SSSR count). The van der Waals surface area contributed by atoms with E-state index in [0.717, 1.165) is 24.3 Å². The molecular formula is C24H18N7O10PS. The Morgan fingerprint density at radius 2 is 1.47 bits per heavy atom. The molecule has 0 spiro atoms. The average molecular weight is 627 g/mol. The summed E-state index contributed by atoms with van der Waals surface area (Å²) in [5, 5.41) is 33.8. The van der Waals surface area contributed by atoms with Crippen molar-refractivity contribution in [1.82, 2.24) is 0 Å². The van der Waals surface area contributed by atoms with Gasteiger partial charge in [0, 0.05) is 18.0 Å². The second kappa shape index (κ2) is 12.0. The SMILES string of the molecule is CC(=O)Nc1ccc2cc(S(=O)(=O)O)c(/N=N/c3cc(N=O)c(/N=N/c4cccc(P(=O)(O)O)c4)cc3N=O)c(O)c2c1. The predicted molar refractivity (Wildman–Crippen MR) is 154 cm³/mol. The zero-order valence-electron chi connectivity index (χ0n) is 21.6. The maximum absolute atomic E-state index is 12.1. The molecule has 0 aliphatic rings. The van der Waals surface area contributed by atoms with Gasteiger partial charge in [0.2, 0.25) is 5.91 Å². The van der Waals surface area contributed by atoms with E-state index < -0.39 is 57.0 Å². The van der Waals surface area contributed by atoms with Gasteiger partial charge < -0.3 is 20.2 Å². The van der Waals surface area contributed by atoms with Crippen molar-refractivity contribution in [3.63, 3.8) is 0 Å². The Labute approximate surface area is 240 Å². The Hall–Kier alpha value is -5.13. The van der Waals surface area contributed by atoms with E-state index >= 15 is 0 Å². The number of azo groups is 2. The summed E-state index contributed by atoms with van der Waals surface area (Å²) in [4.78, 5) is 52.3. The monoisotopic (exact) mass is 627 g/mol. The van der Waals surface area contributed by atoms with Crippen LogP contribution in [0.1, 0.15) is 6.92 Å². The predicted octanol–water partition coefficient (Wildman–Crippen LogP) is 6.18. The van der Waals surface area contributed by atoms with Crippen molar-refractivity contribution in [3.8, 4) is 5.75 Å². The zero-order valence-corrected chi connectivity index (χ0v) is 23.3. The van der Waals surface area contributed by atoms with Crippen molar-refractivity contribution < 1.29 is 37.2 Å². The largest absolute Gasteiger partial charge is 0.505 e. The van der Waals surface area contributed by atoms with Crippen molar-refractivity contribution in [2.75, 3.05) is 5.32 Å². The van der Waals surface area contributed by atoms with E-state index in [0.29, 0.717) is 0 Å². The molecule has 0 atom stereocenters. The van der Waals surface area contributed by atoms with Crippen LogP contribution in [-0.4, -0.2) is 33.8 Å². The Morgan fingerprint density at radius 1 is 0.837 bits per heavy atom. The topological polar surface area (TPSA) is 270 Å². The van der Waals surface area contributed by atoms with E-state index in [1.165, 1.54) is 43.3 Å². The van der Waals surface area contributed by atoms with Crippen molar-refractivity contribution in [2.24, 2.45) is 30.8 Å². The number of nitroso groups, excluding NO2 is 2. The lowest BCUT2D eigenvalue weighted by Crippen LogP contribution is -2.05. The van der Waals surface area contributed by atoms with Gasteiger partial charge in [0.15, 0.2) is 5.75 Å². The lowest BCUT2D eigenvalue weighted by atomic mass is 10.1. The maximum Gasteiger partial charge on any atom is 0.356 e. The number of amides is 1. The van der Waals surface area contributed by atoms with Gasteiger partial charge in [0.25, 0.3) is 10.1 Å². The summed E-state index contributed by atoms with van der Waals surface area (Å²) in [5.74, 6) is -1.17. The molecule has 0 saturated carbocycles. The summed E-state index contributed by atoms with van der Waals surface area (Å²) < 4.78 is 45.5. The number of rotatable bonds is 9. The highest BCUT2D eigenvalue weighted by Crippen LogP contribution is 2.45. The van der Waals surface area contributed by atoms with Crippen LogP contribution in [0.5, 0.6) is 5.75 Å². The number of carbonyl (C=O) groups is 1. The Balaban J connectivity index is 1.80. The number of anilines is 1. The van der Waals surface area contributed by atoms with Crippen LogP contribution in [-0.2, 0) is 19.5 Å². The highest BCUT2D eigenvalue weighted by molar-refractivity contribution is 7.86. The number of carbonyl (C=O) groups excluding carboxylic acids is 1. The van der Waals surface area contributed by atoms with Gasteiger partial charge in [-0.25, -0.2) is 0 Å². The average Bonchev–Trinajstić information content (AvgIpc) is 2.94. The quantitative estimate of drug-likeness (QED) is 0.0608. The van der Waals surface area contributed by atoms with Gasteiger partial charge >= 0.3 is 7.60 Å². The fourth-order valence-corrected chi connectivity index (χ4v) is 4.97. The standard InChI is InChI=1S/C24H18N7O10PS/c1-12(32)25-14-6-5-13-7-22(43(39,40)41)23(24(33)17(13)9-14)29-28-19-11-20(30-34)18(10-21(19)31-35)27-26-15-3-2-4-16(8-15)42(36,37)38/h2-11,33H,1H3,(H,25,32)(H2,36,37,38)(H,39,40,41)/b27-26+,29-28+. The van der Waals surface area contributed by atoms with Crippen LogP contribution >= 0.6 is 7.60 Å². The van der Waals surface area contributed by atoms with Crippen LogP contribution < -0.4 is 10.6 Å². The summed E-state index contributed by atoms with van der Waals surface area (Å²) in [5.41, 5.74) is -2.10. The van der Waals surface area contributed by atoms with E-state index in [1.54, 1.807) is 0 Å². The molecule has 220 valence electrons. The number of phenolic OH excluding ortho intramolecular Hbond substituents is 1. The van der Waals surface area contributed by atoms with E-state index in [-0.39, 0.29) is 33.1 Å². The number of hydrogen-bond acceptors (Lipinski definition) is 13. The molecule has 4 aromatic carbocycles. The molecule has 0 radical (unpaired) electrons. The number of aromatic hydroxyl groups is 1. The van der Waals surface area contributed by atoms with Crippen LogP contribution in [0.4, 0.5) is 39.8 Å². The number of hydrogen-bond donors (Lipinski definition) is 5. The molecule has 19 heteroatoms. The molecule has 4 aromatic rings. The molecule has 43 heavy (non-hydrogen) atoms. The van der Waals surface area contributed by atoms with Crippen LogP contribution in [0.2, 0.25) is 0 Å². The zero-order chi connectivity index (χ0) is 31.5. The molecule has 1 amide bonds. The molecule has 0 fully saturated rings. The van der Waals surface area contributed by atoms with E-state index in [9.17, 15) is 47.0 Å². The van der Waals surface area contributed by atoms with Crippen LogP contribution in [0.3, 0.4) is 0 Å². The molecule has 0 aliphatic heterocycles. The van der Waals surface area contributed by atoms with E-state index in [1.807, 2.05) is 0 Å². The minimum absolute atomic E-state index is 0.00627. The Morgan fingerprint density at radius 3 is 2.02 bits per heavy atom. The fraction of sp³-hybridized carbons (Fsp3) is 0.0417. The summed E-state index contributed by atoms with van der Waals surface area (Å²) in [6.07, 6.45) is 0. The summed E-state index contributed by atoms with van der Waals surface area (Å²) in [7, 11) is -9.56. The normalized spacial score (nSPS) is 12.2. The highest BCUT2D eigenvalue weighted by atomic mass is 32.2. The molecule has 0 saturated heterocycles. The molecule has 5 N–H and O–H groups in total. The first kappa shape index (κ1) is 30.8. The smallest absolute Gasteiger partial charge is 0.356 e. The first-order chi connectivity index (χ1) is 20.2. The fourth-order valence-electron chi connectivity index (χ4n) is 3.73. The molecule has 17 nitrogen and oxygen atoms in total. The number of fused-ring (bicyclic) bond motifs is 1. The van der Waals surface area contributed by atoms with Crippen LogP contribution in [0.25, 0.3) is 10.8 Å².